The molecular formula is C20H22ClN3O4S. The molecular weight excluding hydrogens is 414 g/mol. The van der Waals surface area contributed by atoms with Crippen molar-refractivity contribution < 1.29 is 14.2 Å². The Morgan fingerprint density at radius 2 is 2.17 bits per heavy atom. The third kappa shape index (κ3) is 3.27. The Morgan fingerprint density at radius 3 is 2.97 bits per heavy atom. The second kappa shape index (κ2) is 6.82. The van der Waals surface area contributed by atoms with Crippen molar-refractivity contribution in [3.8, 4) is 11.5 Å². The molecule has 2 atom stereocenters. The number of rotatable bonds is 2. The zero-order valence-corrected chi connectivity index (χ0v) is 18.0. The van der Waals surface area contributed by atoms with Crippen LogP contribution in [-0.2, 0) is 4.74 Å². The number of hydrogen-bond acceptors (Lipinski definition) is 6. The minimum Gasteiger partial charge on any atom is -0.454 e. The molecule has 5 rings (SSSR count). The average molecular weight is 436 g/mol. The number of nitrogens with one attached hydrogen (secondary N) is 1. The SMILES string of the molecule is CC1=Nc2c(c(=O)[nH]n2[C@@H]2CCOC(C)(C)C2)[C@@H](c2cc(Cl)c3c(c2)OCO3)S1. The highest BCUT2D eigenvalue weighted by molar-refractivity contribution is 8.14. The van der Waals surface area contributed by atoms with Gasteiger partial charge < -0.3 is 14.2 Å². The third-order valence-electron chi connectivity index (χ3n) is 5.54. The van der Waals surface area contributed by atoms with Crippen LogP contribution in [0.5, 0.6) is 11.5 Å². The minimum atomic E-state index is -0.233. The summed E-state index contributed by atoms with van der Waals surface area (Å²) in [4.78, 5) is 17.8. The van der Waals surface area contributed by atoms with E-state index in [9.17, 15) is 4.79 Å². The number of H-pyrrole nitrogens is 1. The van der Waals surface area contributed by atoms with E-state index in [0.717, 1.165) is 23.4 Å². The smallest absolute Gasteiger partial charge is 0.271 e. The summed E-state index contributed by atoms with van der Waals surface area (Å²) in [7, 11) is 0. The largest absolute Gasteiger partial charge is 0.454 e. The topological polar surface area (TPSA) is 77.8 Å². The maximum atomic E-state index is 13.0. The maximum absolute atomic E-state index is 13.0. The highest BCUT2D eigenvalue weighted by Gasteiger charge is 2.36. The average Bonchev–Trinajstić information content (AvgIpc) is 3.25. The monoisotopic (exact) mass is 435 g/mol. The normalized spacial score (nSPS) is 24.9. The van der Waals surface area contributed by atoms with Crippen LogP contribution in [0.1, 0.15) is 56.0 Å². The standard InChI is InChI=1S/C20H22ClN3O4S/c1-10-22-18-15(19(25)23-24(18)12-4-5-28-20(2,3)8-12)17(29-10)11-6-13(21)16-14(7-11)26-9-27-16/h6-7,12,17H,4-5,8-9H2,1-3H3,(H,23,25)/t12-,17-/m1/s1. The highest BCUT2D eigenvalue weighted by atomic mass is 35.5. The van der Waals surface area contributed by atoms with Crippen LogP contribution in [0.4, 0.5) is 5.82 Å². The van der Waals surface area contributed by atoms with E-state index in [2.05, 4.69) is 18.9 Å². The molecule has 7 nitrogen and oxygen atoms in total. The molecule has 4 heterocycles. The summed E-state index contributed by atoms with van der Waals surface area (Å²) in [5, 5.41) is 4.21. The maximum Gasteiger partial charge on any atom is 0.271 e. The molecule has 2 aromatic rings. The van der Waals surface area contributed by atoms with Gasteiger partial charge in [-0.3, -0.25) is 14.6 Å². The van der Waals surface area contributed by atoms with E-state index in [4.69, 9.17) is 30.8 Å². The lowest BCUT2D eigenvalue weighted by Crippen LogP contribution is -2.35. The van der Waals surface area contributed by atoms with E-state index in [0.29, 0.717) is 34.5 Å². The summed E-state index contributed by atoms with van der Waals surface area (Å²) >= 11 is 7.95. The van der Waals surface area contributed by atoms with Crippen molar-refractivity contribution in [2.24, 2.45) is 4.99 Å². The van der Waals surface area contributed by atoms with Gasteiger partial charge in [-0.05, 0) is 51.3 Å². The first-order chi connectivity index (χ1) is 13.8. The molecule has 1 saturated heterocycles. The first-order valence-corrected chi connectivity index (χ1v) is 10.9. The predicted molar refractivity (Wildman–Crippen MR) is 113 cm³/mol. The highest BCUT2D eigenvalue weighted by Crippen LogP contribution is 2.49. The quantitative estimate of drug-likeness (QED) is 0.747. The van der Waals surface area contributed by atoms with Crippen molar-refractivity contribution in [3.63, 3.8) is 0 Å². The van der Waals surface area contributed by atoms with Gasteiger partial charge in [-0.1, -0.05) is 23.4 Å². The molecule has 1 aromatic carbocycles. The van der Waals surface area contributed by atoms with Crippen LogP contribution in [0.3, 0.4) is 0 Å². The molecule has 0 amide bonds. The second-order valence-corrected chi connectivity index (χ2v) is 9.87. The van der Waals surface area contributed by atoms with E-state index in [1.807, 2.05) is 23.7 Å². The van der Waals surface area contributed by atoms with Gasteiger partial charge in [0.1, 0.15) is 0 Å². The Kier molecular flexibility index (Phi) is 4.49. The summed E-state index contributed by atoms with van der Waals surface area (Å²) in [6.07, 6.45) is 1.65. The zero-order chi connectivity index (χ0) is 20.3. The fourth-order valence-electron chi connectivity index (χ4n) is 4.27. The molecule has 1 N–H and O–H groups in total. The Bertz CT molecular complexity index is 1070. The number of thioether (sulfide) groups is 1. The lowest BCUT2D eigenvalue weighted by atomic mass is 9.94. The molecule has 0 bridgehead atoms. The zero-order valence-electron chi connectivity index (χ0n) is 16.5. The Balaban J connectivity index is 1.60. The van der Waals surface area contributed by atoms with Gasteiger partial charge in [0, 0.05) is 6.61 Å². The van der Waals surface area contributed by atoms with Crippen molar-refractivity contribution in [3.05, 3.63) is 38.6 Å². The van der Waals surface area contributed by atoms with Gasteiger partial charge in [-0.25, -0.2) is 4.99 Å². The fraction of sp³-hybridized carbons (Fsp3) is 0.500. The first kappa shape index (κ1) is 19.1. The molecule has 0 spiro atoms. The Labute approximate surface area is 177 Å². The van der Waals surface area contributed by atoms with Crippen molar-refractivity contribution in [2.45, 2.75) is 50.5 Å². The molecule has 0 aliphatic carbocycles. The van der Waals surface area contributed by atoms with Crippen LogP contribution in [0.25, 0.3) is 0 Å². The number of halogens is 1. The van der Waals surface area contributed by atoms with Crippen LogP contribution < -0.4 is 15.0 Å². The minimum absolute atomic E-state index is 0.119. The fourth-order valence-corrected chi connectivity index (χ4v) is 5.62. The number of aromatic nitrogens is 2. The summed E-state index contributed by atoms with van der Waals surface area (Å²) in [6, 6.07) is 3.89. The van der Waals surface area contributed by atoms with Gasteiger partial charge in [0.25, 0.3) is 5.56 Å². The van der Waals surface area contributed by atoms with Gasteiger partial charge in [-0.2, -0.15) is 0 Å². The van der Waals surface area contributed by atoms with Gasteiger partial charge in [-0.15, -0.1) is 0 Å². The molecule has 29 heavy (non-hydrogen) atoms. The number of aromatic amines is 1. The van der Waals surface area contributed by atoms with E-state index in [1.165, 1.54) is 0 Å². The molecule has 0 radical (unpaired) electrons. The summed E-state index contributed by atoms with van der Waals surface area (Å²) < 4.78 is 18.7. The first-order valence-electron chi connectivity index (χ1n) is 9.62. The van der Waals surface area contributed by atoms with Crippen LogP contribution in [0, 0.1) is 0 Å². The Hall–Kier alpha value is -1.90. The third-order valence-corrected chi connectivity index (χ3v) is 6.99. The number of fused-ring (bicyclic) bond motifs is 2. The number of ether oxygens (including phenoxy) is 3. The van der Waals surface area contributed by atoms with Gasteiger partial charge in [0.15, 0.2) is 17.3 Å². The second-order valence-electron chi connectivity index (χ2n) is 8.17. The molecule has 1 aromatic heterocycles. The lowest BCUT2D eigenvalue weighted by molar-refractivity contribution is -0.0705. The van der Waals surface area contributed by atoms with Crippen molar-refractivity contribution in [1.82, 2.24) is 9.78 Å². The molecule has 1 fully saturated rings. The van der Waals surface area contributed by atoms with Crippen LogP contribution in [-0.4, -0.2) is 33.8 Å². The molecule has 0 unspecified atom stereocenters. The van der Waals surface area contributed by atoms with E-state index >= 15 is 0 Å². The molecule has 3 aliphatic rings. The summed E-state index contributed by atoms with van der Waals surface area (Å²) in [6.45, 7) is 6.93. The molecule has 154 valence electrons. The lowest BCUT2D eigenvalue weighted by Gasteiger charge is -2.36. The number of aliphatic imine (C=N–C) groups is 1. The number of benzene rings is 1. The van der Waals surface area contributed by atoms with Crippen LogP contribution >= 0.6 is 23.4 Å². The van der Waals surface area contributed by atoms with Gasteiger partial charge >= 0.3 is 0 Å². The van der Waals surface area contributed by atoms with Gasteiger partial charge in [0.2, 0.25) is 6.79 Å². The van der Waals surface area contributed by atoms with Crippen molar-refractivity contribution in [2.75, 3.05) is 13.4 Å². The molecule has 3 aliphatic heterocycles. The van der Waals surface area contributed by atoms with E-state index in [1.54, 1.807) is 11.8 Å². The van der Waals surface area contributed by atoms with Gasteiger partial charge in [0.05, 0.1) is 32.5 Å². The van der Waals surface area contributed by atoms with Crippen LogP contribution in [0.15, 0.2) is 21.9 Å². The van der Waals surface area contributed by atoms with Crippen molar-refractivity contribution in [1.29, 1.82) is 0 Å². The van der Waals surface area contributed by atoms with E-state index < -0.39 is 0 Å². The Morgan fingerprint density at radius 1 is 1.34 bits per heavy atom. The molecule has 9 heteroatoms. The van der Waals surface area contributed by atoms with Crippen LogP contribution in [0.2, 0.25) is 5.02 Å². The number of nitrogens with zero attached hydrogens (tertiary/aromatic N) is 2. The predicted octanol–water partition coefficient (Wildman–Crippen LogP) is 4.57. The van der Waals surface area contributed by atoms with E-state index in [-0.39, 0.29) is 29.2 Å². The molecule has 0 saturated carbocycles. The summed E-state index contributed by atoms with van der Waals surface area (Å²) in [5.41, 5.74) is 1.20. The number of hydrogen-bond donors (Lipinski definition) is 1. The van der Waals surface area contributed by atoms with Crippen molar-refractivity contribution >= 4 is 34.2 Å². The summed E-state index contributed by atoms with van der Waals surface area (Å²) in [5.74, 6) is 1.86.